The molecule has 9 heteroatoms. The predicted octanol–water partition coefficient (Wildman–Crippen LogP) is 3.85. The highest BCUT2D eigenvalue weighted by atomic mass is 16.6. The summed E-state index contributed by atoms with van der Waals surface area (Å²) in [5.74, 6) is 1.33. The highest BCUT2D eigenvalue weighted by Crippen LogP contribution is 2.14. The molecule has 0 spiro atoms. The lowest BCUT2D eigenvalue weighted by Gasteiger charge is -2.18. The molecule has 0 aliphatic heterocycles. The van der Waals surface area contributed by atoms with Crippen LogP contribution in [0.4, 0.5) is 10.6 Å². The zero-order valence-corrected chi connectivity index (χ0v) is 17.7. The standard InChI is InChI=1S/C22H26N6O3/c1-3-4-8-14-28(22(29)30)19-11-12-23-18(25-19)16-31-26-20(17-9-6-5-7-10-17)21-24-13-15-27(21)2/h5-7,9-13,15H,3-4,8,14,16H2,1-2H3,(H,29,30)/b26-20-. The lowest BCUT2D eigenvalue weighted by atomic mass is 10.1. The van der Waals surface area contributed by atoms with Crippen molar-refractivity contribution in [1.29, 1.82) is 0 Å². The van der Waals surface area contributed by atoms with Gasteiger partial charge in [0.1, 0.15) is 5.82 Å². The van der Waals surface area contributed by atoms with E-state index in [2.05, 4.69) is 27.0 Å². The molecule has 0 bridgehead atoms. The van der Waals surface area contributed by atoms with Crippen LogP contribution >= 0.6 is 0 Å². The Labute approximate surface area is 181 Å². The molecule has 9 nitrogen and oxygen atoms in total. The summed E-state index contributed by atoms with van der Waals surface area (Å²) in [6, 6.07) is 11.2. The van der Waals surface area contributed by atoms with E-state index in [0.29, 0.717) is 29.7 Å². The first-order chi connectivity index (χ1) is 15.1. The number of aromatic nitrogens is 4. The number of aryl methyl sites for hydroxylation is 1. The second-order valence-corrected chi connectivity index (χ2v) is 6.91. The molecule has 0 aliphatic carbocycles. The van der Waals surface area contributed by atoms with Crippen molar-refractivity contribution in [3.63, 3.8) is 0 Å². The second-order valence-electron chi connectivity index (χ2n) is 6.91. The molecule has 0 unspecified atom stereocenters. The van der Waals surface area contributed by atoms with E-state index in [9.17, 15) is 9.90 Å². The van der Waals surface area contributed by atoms with Gasteiger partial charge in [0.15, 0.2) is 24.0 Å². The quantitative estimate of drug-likeness (QED) is 0.302. The molecule has 0 atom stereocenters. The van der Waals surface area contributed by atoms with Gasteiger partial charge in [-0.2, -0.15) is 0 Å². The lowest BCUT2D eigenvalue weighted by molar-refractivity contribution is 0.125. The normalized spacial score (nSPS) is 11.4. The van der Waals surface area contributed by atoms with Crippen molar-refractivity contribution >= 4 is 17.6 Å². The summed E-state index contributed by atoms with van der Waals surface area (Å²) in [6.45, 7) is 2.45. The van der Waals surface area contributed by atoms with Gasteiger partial charge < -0.3 is 14.5 Å². The first kappa shape index (κ1) is 21.9. The molecule has 0 fully saturated rings. The smallest absolute Gasteiger partial charge is 0.413 e. The van der Waals surface area contributed by atoms with Crippen LogP contribution in [0.3, 0.4) is 0 Å². The maximum absolute atomic E-state index is 11.6. The second kappa shape index (κ2) is 10.9. The summed E-state index contributed by atoms with van der Waals surface area (Å²) >= 11 is 0. The number of imidazole rings is 1. The highest BCUT2D eigenvalue weighted by Gasteiger charge is 2.16. The van der Waals surface area contributed by atoms with E-state index in [1.165, 1.54) is 11.1 Å². The molecular formula is C22H26N6O3. The first-order valence-electron chi connectivity index (χ1n) is 10.2. The maximum atomic E-state index is 11.6. The van der Waals surface area contributed by atoms with Gasteiger partial charge in [0.05, 0.1) is 0 Å². The minimum atomic E-state index is -1.04. The molecule has 0 saturated heterocycles. The fourth-order valence-electron chi connectivity index (χ4n) is 3.00. The molecule has 1 aromatic carbocycles. The van der Waals surface area contributed by atoms with Gasteiger partial charge in [-0.15, -0.1) is 0 Å². The van der Waals surface area contributed by atoms with Crippen molar-refractivity contribution in [2.45, 2.75) is 32.8 Å². The number of carboxylic acid groups (broad SMARTS) is 1. The van der Waals surface area contributed by atoms with E-state index in [4.69, 9.17) is 4.84 Å². The topological polar surface area (TPSA) is 106 Å². The van der Waals surface area contributed by atoms with Crippen LogP contribution in [-0.2, 0) is 18.5 Å². The number of amides is 1. The first-order valence-corrected chi connectivity index (χ1v) is 10.2. The van der Waals surface area contributed by atoms with Crippen LogP contribution in [-0.4, -0.2) is 43.0 Å². The largest absolute Gasteiger partial charge is 0.465 e. The summed E-state index contributed by atoms with van der Waals surface area (Å²) in [6.07, 6.45) is 6.74. The Kier molecular flexibility index (Phi) is 7.69. The van der Waals surface area contributed by atoms with Gasteiger partial charge in [-0.3, -0.25) is 4.90 Å². The Balaban J connectivity index is 1.76. The van der Waals surface area contributed by atoms with Gasteiger partial charge in [-0.1, -0.05) is 55.3 Å². The molecule has 3 aromatic rings. The molecule has 1 N–H and O–H groups in total. The Morgan fingerprint density at radius 2 is 1.97 bits per heavy atom. The number of unbranched alkanes of at least 4 members (excludes halogenated alkanes) is 2. The monoisotopic (exact) mass is 422 g/mol. The molecule has 0 saturated carbocycles. The van der Waals surface area contributed by atoms with Crippen molar-refractivity contribution in [1.82, 2.24) is 19.5 Å². The highest BCUT2D eigenvalue weighted by molar-refractivity contribution is 6.10. The average molecular weight is 422 g/mol. The van der Waals surface area contributed by atoms with E-state index in [1.54, 1.807) is 12.3 Å². The summed E-state index contributed by atoms with van der Waals surface area (Å²) in [5.41, 5.74) is 1.44. The van der Waals surface area contributed by atoms with Crippen molar-refractivity contribution in [3.8, 4) is 0 Å². The van der Waals surface area contributed by atoms with Crippen LogP contribution in [0.25, 0.3) is 0 Å². The molecule has 2 aromatic heterocycles. The lowest BCUT2D eigenvalue weighted by Crippen LogP contribution is -2.31. The molecule has 162 valence electrons. The number of hydrogen-bond donors (Lipinski definition) is 1. The third-order valence-electron chi connectivity index (χ3n) is 4.61. The third kappa shape index (κ3) is 5.88. The fourth-order valence-corrected chi connectivity index (χ4v) is 3.00. The number of rotatable bonds is 10. The van der Waals surface area contributed by atoms with Gasteiger partial charge in [0.25, 0.3) is 0 Å². The van der Waals surface area contributed by atoms with E-state index >= 15 is 0 Å². The Bertz CT molecular complexity index is 1020. The summed E-state index contributed by atoms with van der Waals surface area (Å²) in [4.78, 5) is 31.3. The molecule has 0 radical (unpaired) electrons. The van der Waals surface area contributed by atoms with Crippen LogP contribution in [0.5, 0.6) is 0 Å². The number of hydrogen-bond acceptors (Lipinski definition) is 6. The van der Waals surface area contributed by atoms with E-state index in [0.717, 1.165) is 24.8 Å². The van der Waals surface area contributed by atoms with E-state index < -0.39 is 6.09 Å². The van der Waals surface area contributed by atoms with Gasteiger partial charge in [-0.25, -0.2) is 19.7 Å². The molecule has 3 rings (SSSR count). The number of anilines is 1. The van der Waals surface area contributed by atoms with E-state index in [-0.39, 0.29) is 6.61 Å². The van der Waals surface area contributed by atoms with Gasteiger partial charge in [0, 0.05) is 37.7 Å². The Hall–Kier alpha value is -3.75. The predicted molar refractivity (Wildman–Crippen MR) is 117 cm³/mol. The summed E-state index contributed by atoms with van der Waals surface area (Å²) < 4.78 is 1.85. The van der Waals surface area contributed by atoms with Crippen LogP contribution in [0.1, 0.15) is 43.4 Å². The van der Waals surface area contributed by atoms with Crippen molar-refractivity contribution in [2.24, 2.45) is 12.2 Å². The molecule has 0 aliphatic rings. The minimum Gasteiger partial charge on any atom is -0.465 e. The Morgan fingerprint density at radius 1 is 1.16 bits per heavy atom. The number of oxime groups is 1. The average Bonchev–Trinajstić information content (AvgIpc) is 3.20. The van der Waals surface area contributed by atoms with Gasteiger partial charge in [-0.05, 0) is 12.5 Å². The van der Waals surface area contributed by atoms with Gasteiger partial charge >= 0.3 is 6.09 Å². The molecule has 2 heterocycles. The van der Waals surface area contributed by atoms with E-state index in [1.807, 2.05) is 48.1 Å². The third-order valence-corrected chi connectivity index (χ3v) is 4.61. The SMILES string of the molecule is CCCCCN(C(=O)O)c1ccnc(CO/N=C(/c2ccccc2)c2nccn2C)n1. The van der Waals surface area contributed by atoms with Crippen molar-refractivity contribution in [3.05, 3.63) is 72.2 Å². The van der Waals surface area contributed by atoms with Gasteiger partial charge in [0.2, 0.25) is 0 Å². The zero-order chi connectivity index (χ0) is 22.1. The van der Waals surface area contributed by atoms with Crippen LogP contribution in [0, 0.1) is 0 Å². The Morgan fingerprint density at radius 3 is 2.65 bits per heavy atom. The fraction of sp³-hybridized carbons (Fsp3) is 0.318. The maximum Gasteiger partial charge on any atom is 0.413 e. The van der Waals surface area contributed by atoms with Crippen LogP contribution < -0.4 is 4.90 Å². The zero-order valence-electron chi connectivity index (χ0n) is 17.7. The number of nitrogens with zero attached hydrogens (tertiary/aromatic N) is 6. The summed E-state index contributed by atoms with van der Waals surface area (Å²) in [5, 5.41) is 13.8. The molecule has 31 heavy (non-hydrogen) atoms. The molecular weight excluding hydrogens is 396 g/mol. The van der Waals surface area contributed by atoms with Crippen LogP contribution in [0.15, 0.2) is 60.1 Å². The number of benzene rings is 1. The van der Waals surface area contributed by atoms with Crippen molar-refractivity contribution in [2.75, 3.05) is 11.4 Å². The number of carbonyl (C=O) groups is 1. The molecule has 1 amide bonds. The minimum absolute atomic E-state index is 0.00296. The van der Waals surface area contributed by atoms with Crippen molar-refractivity contribution < 1.29 is 14.7 Å². The summed E-state index contributed by atoms with van der Waals surface area (Å²) in [7, 11) is 1.88. The van der Waals surface area contributed by atoms with Crippen LogP contribution in [0.2, 0.25) is 0 Å².